The molecule has 0 aliphatic heterocycles. The first-order valence-corrected chi connectivity index (χ1v) is 7.37. The Kier molecular flexibility index (Phi) is 5.25. The van der Waals surface area contributed by atoms with Crippen molar-refractivity contribution in [2.75, 3.05) is 24.2 Å². The van der Waals surface area contributed by atoms with Crippen molar-refractivity contribution >= 4 is 11.6 Å². The van der Waals surface area contributed by atoms with Crippen LogP contribution in [-0.4, -0.2) is 23.6 Å². The first kappa shape index (κ1) is 15.9. The van der Waals surface area contributed by atoms with E-state index in [0.29, 0.717) is 6.54 Å². The molecule has 0 saturated heterocycles. The van der Waals surface area contributed by atoms with Crippen molar-refractivity contribution in [1.82, 2.24) is 9.97 Å². The fourth-order valence-corrected chi connectivity index (χ4v) is 2.70. The maximum Gasteiger partial charge on any atom is 0.451 e. The van der Waals surface area contributed by atoms with Gasteiger partial charge in [0.2, 0.25) is 5.82 Å². The predicted octanol–water partition coefficient (Wildman–Crippen LogP) is 3.92. The molecule has 0 spiro atoms. The smallest absolute Gasteiger partial charge is 0.373 e. The molecule has 0 unspecified atom stereocenters. The number of hydrogen-bond acceptors (Lipinski definition) is 4. The Morgan fingerprint density at radius 1 is 1.19 bits per heavy atom. The van der Waals surface area contributed by atoms with Gasteiger partial charge in [-0.25, -0.2) is 9.97 Å². The number of halogens is 3. The van der Waals surface area contributed by atoms with Gasteiger partial charge in [-0.1, -0.05) is 25.7 Å². The van der Waals surface area contributed by atoms with E-state index < -0.39 is 12.0 Å². The number of nitrogens with zero attached hydrogens (tertiary/aromatic N) is 2. The van der Waals surface area contributed by atoms with Crippen molar-refractivity contribution in [2.24, 2.45) is 5.92 Å². The van der Waals surface area contributed by atoms with Gasteiger partial charge in [0.05, 0.1) is 0 Å². The van der Waals surface area contributed by atoms with Gasteiger partial charge in [0, 0.05) is 19.7 Å². The highest BCUT2D eigenvalue weighted by Gasteiger charge is 2.35. The van der Waals surface area contributed by atoms with E-state index in [4.69, 9.17) is 0 Å². The summed E-state index contributed by atoms with van der Waals surface area (Å²) in [5.74, 6) is 0.0483. The summed E-state index contributed by atoms with van der Waals surface area (Å²) in [7, 11) is 1.53. The van der Waals surface area contributed by atoms with E-state index >= 15 is 0 Å². The molecule has 0 atom stereocenters. The van der Waals surface area contributed by atoms with E-state index in [2.05, 4.69) is 20.6 Å². The van der Waals surface area contributed by atoms with Crippen molar-refractivity contribution in [2.45, 2.75) is 44.7 Å². The molecule has 21 heavy (non-hydrogen) atoms. The minimum absolute atomic E-state index is 0.163. The number of alkyl halides is 3. The zero-order valence-electron chi connectivity index (χ0n) is 12.1. The molecule has 1 aliphatic carbocycles. The molecule has 1 heterocycles. The molecule has 0 amide bonds. The largest absolute Gasteiger partial charge is 0.451 e. The van der Waals surface area contributed by atoms with Crippen molar-refractivity contribution in [1.29, 1.82) is 0 Å². The third-order valence-electron chi connectivity index (χ3n) is 3.81. The lowest BCUT2D eigenvalue weighted by atomic mass is 10.0. The van der Waals surface area contributed by atoms with Crippen LogP contribution in [0.5, 0.6) is 0 Å². The number of hydrogen-bond donors (Lipinski definition) is 2. The van der Waals surface area contributed by atoms with Crippen molar-refractivity contribution in [3.63, 3.8) is 0 Å². The molecular weight excluding hydrogens is 281 g/mol. The fourth-order valence-electron chi connectivity index (χ4n) is 2.70. The van der Waals surface area contributed by atoms with Crippen LogP contribution in [0.1, 0.15) is 44.3 Å². The highest BCUT2D eigenvalue weighted by molar-refractivity contribution is 5.47. The van der Waals surface area contributed by atoms with Crippen molar-refractivity contribution < 1.29 is 13.2 Å². The molecule has 7 heteroatoms. The maximum atomic E-state index is 12.7. The van der Waals surface area contributed by atoms with Gasteiger partial charge in [-0.05, 0) is 18.8 Å². The molecule has 2 rings (SSSR count). The second-order valence-electron chi connectivity index (χ2n) is 5.43. The molecule has 1 fully saturated rings. The van der Waals surface area contributed by atoms with Gasteiger partial charge in [0.15, 0.2) is 0 Å². The first-order valence-electron chi connectivity index (χ1n) is 7.37. The van der Waals surface area contributed by atoms with Gasteiger partial charge < -0.3 is 10.6 Å². The molecule has 0 radical (unpaired) electrons. The van der Waals surface area contributed by atoms with Crippen LogP contribution >= 0.6 is 0 Å². The Bertz CT molecular complexity index is 456. The zero-order valence-corrected chi connectivity index (χ0v) is 12.1. The third kappa shape index (κ3) is 4.75. The molecule has 1 aromatic rings. The van der Waals surface area contributed by atoms with Gasteiger partial charge in [-0.2, -0.15) is 13.2 Å². The number of rotatable bonds is 6. The lowest BCUT2D eigenvalue weighted by Crippen LogP contribution is -2.15. The Morgan fingerprint density at radius 3 is 2.48 bits per heavy atom. The van der Waals surface area contributed by atoms with E-state index in [1.165, 1.54) is 38.8 Å². The van der Waals surface area contributed by atoms with Crippen molar-refractivity contribution in [3.8, 4) is 0 Å². The normalized spacial score (nSPS) is 16.2. The van der Waals surface area contributed by atoms with Crippen LogP contribution in [0.4, 0.5) is 24.8 Å². The monoisotopic (exact) mass is 302 g/mol. The van der Waals surface area contributed by atoms with Crippen LogP contribution in [-0.2, 0) is 6.18 Å². The fraction of sp³-hybridized carbons (Fsp3) is 0.714. The SMILES string of the molecule is CNc1cc(NCCCC2CCCC2)nc(C(F)(F)F)n1. The van der Waals surface area contributed by atoms with Gasteiger partial charge >= 0.3 is 6.18 Å². The third-order valence-corrected chi connectivity index (χ3v) is 3.81. The Balaban J connectivity index is 1.89. The van der Waals surface area contributed by atoms with Crippen LogP contribution in [0.25, 0.3) is 0 Å². The summed E-state index contributed by atoms with van der Waals surface area (Å²) in [6.45, 7) is 0.633. The molecule has 0 bridgehead atoms. The summed E-state index contributed by atoms with van der Waals surface area (Å²) >= 11 is 0. The Morgan fingerprint density at radius 2 is 1.86 bits per heavy atom. The van der Waals surface area contributed by atoms with E-state index in [0.717, 1.165) is 18.8 Å². The van der Waals surface area contributed by atoms with Crippen LogP contribution < -0.4 is 10.6 Å². The van der Waals surface area contributed by atoms with Crippen LogP contribution in [0, 0.1) is 5.92 Å². The topological polar surface area (TPSA) is 49.8 Å². The minimum atomic E-state index is -4.53. The Hall–Kier alpha value is -1.53. The average molecular weight is 302 g/mol. The molecule has 4 nitrogen and oxygen atoms in total. The van der Waals surface area contributed by atoms with Crippen LogP contribution in [0.2, 0.25) is 0 Å². The number of aromatic nitrogens is 2. The standard InChI is InChI=1S/C14H21F3N4/c1-18-11-9-12(21-13(20-11)14(15,16)17)19-8-4-7-10-5-2-3-6-10/h9-10H,2-8H2,1H3,(H2,18,19,20,21). The lowest BCUT2D eigenvalue weighted by Gasteiger charge is -2.12. The summed E-state index contributed by atoms with van der Waals surface area (Å²) in [5.41, 5.74) is 0. The van der Waals surface area contributed by atoms with E-state index in [1.54, 1.807) is 0 Å². The lowest BCUT2D eigenvalue weighted by molar-refractivity contribution is -0.144. The van der Waals surface area contributed by atoms with Crippen LogP contribution in [0.3, 0.4) is 0 Å². The molecular formula is C14H21F3N4. The summed E-state index contributed by atoms with van der Waals surface area (Å²) in [5, 5.41) is 5.59. The summed E-state index contributed by atoms with van der Waals surface area (Å²) < 4.78 is 38.1. The number of nitrogens with one attached hydrogen (secondary N) is 2. The van der Waals surface area contributed by atoms with Crippen LogP contribution in [0.15, 0.2) is 6.07 Å². The predicted molar refractivity (Wildman–Crippen MR) is 76.3 cm³/mol. The molecule has 1 saturated carbocycles. The molecule has 0 aromatic carbocycles. The minimum Gasteiger partial charge on any atom is -0.373 e. The zero-order chi connectivity index (χ0) is 15.3. The second kappa shape index (κ2) is 6.95. The molecule has 1 aliphatic rings. The van der Waals surface area contributed by atoms with E-state index in [-0.39, 0.29) is 11.6 Å². The van der Waals surface area contributed by atoms with Gasteiger partial charge in [-0.3, -0.25) is 0 Å². The quantitative estimate of drug-likeness (QED) is 0.782. The van der Waals surface area contributed by atoms with Gasteiger partial charge in [-0.15, -0.1) is 0 Å². The molecule has 118 valence electrons. The van der Waals surface area contributed by atoms with Gasteiger partial charge in [0.25, 0.3) is 0 Å². The van der Waals surface area contributed by atoms with Crippen molar-refractivity contribution in [3.05, 3.63) is 11.9 Å². The second-order valence-corrected chi connectivity index (χ2v) is 5.43. The molecule has 1 aromatic heterocycles. The highest BCUT2D eigenvalue weighted by atomic mass is 19.4. The average Bonchev–Trinajstić information content (AvgIpc) is 2.95. The highest BCUT2D eigenvalue weighted by Crippen LogP contribution is 2.29. The van der Waals surface area contributed by atoms with E-state index in [9.17, 15) is 13.2 Å². The van der Waals surface area contributed by atoms with Gasteiger partial charge in [0.1, 0.15) is 11.6 Å². The number of anilines is 2. The Labute approximate surface area is 122 Å². The summed E-state index contributed by atoms with van der Waals surface area (Å²) in [6, 6.07) is 1.49. The molecule has 2 N–H and O–H groups in total. The first-order chi connectivity index (χ1) is 9.99. The summed E-state index contributed by atoms with van der Waals surface area (Å²) in [6.07, 6.45) is 2.74. The van der Waals surface area contributed by atoms with E-state index in [1.807, 2.05) is 0 Å². The maximum absolute atomic E-state index is 12.7. The summed E-state index contributed by atoms with van der Waals surface area (Å²) in [4.78, 5) is 6.96.